The number of amides is 1. The lowest BCUT2D eigenvalue weighted by atomic mass is 9.98. The molecule has 1 aliphatic heterocycles. The molecule has 2 aliphatic rings. The van der Waals surface area contributed by atoms with Crippen molar-refractivity contribution in [3.63, 3.8) is 0 Å². The van der Waals surface area contributed by atoms with E-state index in [9.17, 15) is 13.2 Å². The summed E-state index contributed by atoms with van der Waals surface area (Å²) in [4.78, 5) is 14.7. The summed E-state index contributed by atoms with van der Waals surface area (Å²) in [6.07, 6.45) is 4.68. The third-order valence-electron chi connectivity index (χ3n) is 6.04. The summed E-state index contributed by atoms with van der Waals surface area (Å²) in [5.74, 6) is -1.42. The molecule has 0 radical (unpaired) electrons. The summed E-state index contributed by atoms with van der Waals surface area (Å²) in [6, 6.07) is 8.57. The van der Waals surface area contributed by atoms with E-state index in [1.165, 1.54) is 6.07 Å². The van der Waals surface area contributed by atoms with Crippen LogP contribution in [0.4, 0.5) is 4.39 Å². The number of halogens is 3. The number of rotatable bonds is 8. The van der Waals surface area contributed by atoms with Gasteiger partial charge in [-0.15, -0.1) is 0 Å². The Hall–Kier alpha value is -1.87. The Balaban J connectivity index is 1.44. The van der Waals surface area contributed by atoms with Crippen LogP contribution in [0.2, 0.25) is 10.0 Å². The molecule has 1 heterocycles. The average molecular weight is 529 g/mol. The number of likely N-dealkylation sites (tertiary alicyclic amines) is 1. The number of carbonyl (C=O) groups is 1. The summed E-state index contributed by atoms with van der Waals surface area (Å²) < 4.78 is 45.8. The van der Waals surface area contributed by atoms with Crippen LogP contribution in [-0.4, -0.2) is 45.2 Å². The first kappa shape index (κ1) is 25.2. The van der Waals surface area contributed by atoms with Crippen molar-refractivity contribution in [1.29, 1.82) is 0 Å². The van der Waals surface area contributed by atoms with Crippen molar-refractivity contribution < 1.29 is 22.3 Å². The first-order chi connectivity index (χ1) is 16.1. The Morgan fingerprint density at radius 2 is 1.85 bits per heavy atom. The molecule has 1 saturated carbocycles. The summed E-state index contributed by atoms with van der Waals surface area (Å²) in [5, 5.41) is 1.20. The van der Waals surface area contributed by atoms with Crippen molar-refractivity contribution in [1.82, 2.24) is 9.62 Å². The van der Waals surface area contributed by atoms with E-state index in [-0.39, 0.29) is 23.1 Å². The maximum Gasteiger partial charge on any atom is 0.267 e. The second kappa shape index (κ2) is 10.4. The van der Waals surface area contributed by atoms with Crippen LogP contribution in [0.25, 0.3) is 0 Å². The highest BCUT2D eigenvalue weighted by molar-refractivity contribution is 7.89. The van der Waals surface area contributed by atoms with Gasteiger partial charge >= 0.3 is 0 Å². The summed E-state index contributed by atoms with van der Waals surface area (Å²) >= 11 is 12.2. The lowest BCUT2D eigenvalue weighted by molar-refractivity contribution is 0.0975. The van der Waals surface area contributed by atoms with Gasteiger partial charge < -0.3 is 4.74 Å². The summed E-state index contributed by atoms with van der Waals surface area (Å²) in [6.45, 7) is 2.71. The molecule has 0 bridgehead atoms. The zero-order valence-corrected chi connectivity index (χ0v) is 21.1. The quantitative estimate of drug-likeness (QED) is 0.522. The van der Waals surface area contributed by atoms with Crippen molar-refractivity contribution in [2.75, 3.05) is 26.0 Å². The fourth-order valence-electron chi connectivity index (χ4n) is 4.36. The standard InChI is InChI=1S/C24H27Cl2FN2O4S/c1-34(31,32)28-24(30)21-9-18(17-4-5-17)10-22(23(21)27)33-14-15-3-2-6-29(12-15)13-16-7-19(25)11-20(26)8-16/h7-11,15,17H,2-6,12-14H2,1H3,(H,28,30)/t15-/m0/s1. The Labute approximate surface area is 209 Å². The van der Waals surface area contributed by atoms with Crippen molar-refractivity contribution in [3.8, 4) is 5.75 Å². The van der Waals surface area contributed by atoms with Gasteiger partial charge in [0.15, 0.2) is 11.6 Å². The van der Waals surface area contributed by atoms with Crippen molar-refractivity contribution in [2.45, 2.75) is 38.1 Å². The van der Waals surface area contributed by atoms with Gasteiger partial charge in [-0.1, -0.05) is 23.2 Å². The van der Waals surface area contributed by atoms with Gasteiger partial charge in [-0.05, 0) is 79.6 Å². The molecule has 2 fully saturated rings. The minimum absolute atomic E-state index is 0.0122. The van der Waals surface area contributed by atoms with E-state index in [1.54, 1.807) is 12.1 Å². The molecule has 2 aromatic carbocycles. The van der Waals surface area contributed by atoms with Gasteiger partial charge in [0.1, 0.15) is 0 Å². The molecule has 4 rings (SSSR count). The van der Waals surface area contributed by atoms with E-state index in [0.717, 1.165) is 56.2 Å². The number of sulfonamides is 1. The number of benzene rings is 2. The second-order valence-electron chi connectivity index (χ2n) is 9.19. The number of carbonyl (C=O) groups excluding carboxylic acids is 1. The van der Waals surface area contributed by atoms with Crippen LogP contribution in [0.15, 0.2) is 30.3 Å². The van der Waals surface area contributed by atoms with Gasteiger partial charge in [-0.2, -0.15) is 0 Å². The summed E-state index contributed by atoms with van der Waals surface area (Å²) in [5.41, 5.74) is 1.51. The largest absolute Gasteiger partial charge is 0.490 e. The number of piperidine rings is 1. The molecule has 0 spiro atoms. The number of hydrogen-bond acceptors (Lipinski definition) is 5. The first-order valence-corrected chi connectivity index (χ1v) is 13.9. The molecule has 1 amide bonds. The normalized spacial score (nSPS) is 19.1. The van der Waals surface area contributed by atoms with E-state index >= 15 is 4.39 Å². The molecule has 2 aromatic rings. The van der Waals surface area contributed by atoms with Crippen molar-refractivity contribution in [3.05, 3.63) is 62.9 Å². The van der Waals surface area contributed by atoms with E-state index in [1.807, 2.05) is 16.9 Å². The smallest absolute Gasteiger partial charge is 0.267 e. The third-order valence-corrected chi connectivity index (χ3v) is 7.03. The van der Waals surface area contributed by atoms with Crippen LogP contribution in [0.1, 0.15) is 53.1 Å². The average Bonchev–Trinajstić information content (AvgIpc) is 3.56. The van der Waals surface area contributed by atoms with E-state index in [2.05, 4.69) is 4.90 Å². The molecule has 1 atom stereocenters. The zero-order valence-electron chi connectivity index (χ0n) is 18.8. The molecule has 0 unspecified atom stereocenters. The minimum Gasteiger partial charge on any atom is -0.490 e. The SMILES string of the molecule is CS(=O)(=O)NC(=O)c1cc(C2CC2)cc(OC[C@H]2CCCN(Cc3cc(Cl)cc(Cl)c3)C2)c1F. The van der Waals surface area contributed by atoms with Gasteiger partial charge in [0, 0.05) is 29.1 Å². The molecule has 10 heteroatoms. The van der Waals surface area contributed by atoms with Crippen molar-refractivity contribution >= 4 is 39.1 Å². The van der Waals surface area contributed by atoms with Gasteiger partial charge in [0.2, 0.25) is 10.0 Å². The lowest BCUT2D eigenvalue weighted by Gasteiger charge is -2.32. The highest BCUT2D eigenvalue weighted by Crippen LogP contribution is 2.42. The summed E-state index contributed by atoms with van der Waals surface area (Å²) in [7, 11) is -3.81. The van der Waals surface area contributed by atoms with Crippen LogP contribution < -0.4 is 9.46 Å². The van der Waals surface area contributed by atoms with Crippen LogP contribution >= 0.6 is 23.2 Å². The molecular formula is C24H27Cl2FN2O4S. The van der Waals surface area contributed by atoms with E-state index in [4.69, 9.17) is 27.9 Å². The maximum atomic E-state index is 15.1. The highest BCUT2D eigenvalue weighted by Gasteiger charge is 2.29. The molecule has 34 heavy (non-hydrogen) atoms. The molecule has 184 valence electrons. The van der Waals surface area contributed by atoms with Gasteiger partial charge in [-0.3, -0.25) is 9.69 Å². The number of nitrogens with one attached hydrogen (secondary N) is 1. The number of hydrogen-bond donors (Lipinski definition) is 1. The third kappa shape index (κ3) is 6.84. The van der Waals surface area contributed by atoms with Crippen LogP contribution in [0.3, 0.4) is 0 Å². The number of nitrogens with zero attached hydrogens (tertiary/aromatic N) is 1. The molecule has 1 saturated heterocycles. The molecule has 6 nitrogen and oxygen atoms in total. The molecule has 1 aliphatic carbocycles. The second-order valence-corrected chi connectivity index (χ2v) is 11.8. The van der Waals surface area contributed by atoms with Crippen LogP contribution in [-0.2, 0) is 16.6 Å². The maximum absolute atomic E-state index is 15.1. The Bertz CT molecular complexity index is 1170. The Morgan fingerprint density at radius 1 is 1.15 bits per heavy atom. The van der Waals surface area contributed by atoms with Gasteiger partial charge in [0.25, 0.3) is 5.91 Å². The molecule has 0 aromatic heterocycles. The van der Waals surface area contributed by atoms with E-state index < -0.39 is 21.7 Å². The molecule has 1 N–H and O–H groups in total. The monoisotopic (exact) mass is 528 g/mol. The molecular weight excluding hydrogens is 502 g/mol. The van der Waals surface area contributed by atoms with E-state index in [0.29, 0.717) is 23.2 Å². The Kier molecular flexibility index (Phi) is 7.72. The minimum atomic E-state index is -3.81. The fraction of sp³-hybridized carbons (Fsp3) is 0.458. The first-order valence-electron chi connectivity index (χ1n) is 11.2. The predicted octanol–water partition coefficient (Wildman–Crippen LogP) is 4.99. The van der Waals surface area contributed by atoms with Gasteiger partial charge in [-0.25, -0.2) is 17.5 Å². The zero-order chi connectivity index (χ0) is 24.5. The van der Waals surface area contributed by atoms with Crippen LogP contribution in [0, 0.1) is 11.7 Å². The topological polar surface area (TPSA) is 75.7 Å². The van der Waals surface area contributed by atoms with Gasteiger partial charge in [0.05, 0.1) is 18.4 Å². The number of ether oxygens (including phenoxy) is 1. The predicted molar refractivity (Wildman–Crippen MR) is 131 cm³/mol. The van der Waals surface area contributed by atoms with Crippen LogP contribution in [0.5, 0.6) is 5.75 Å². The lowest BCUT2D eigenvalue weighted by Crippen LogP contribution is -2.37. The Morgan fingerprint density at radius 3 is 2.50 bits per heavy atom. The van der Waals surface area contributed by atoms with Crippen molar-refractivity contribution in [2.24, 2.45) is 5.92 Å². The fourth-order valence-corrected chi connectivity index (χ4v) is 5.38. The highest BCUT2D eigenvalue weighted by atomic mass is 35.5.